The molecular formula is C13H10ClN3O4. The first kappa shape index (κ1) is 14.7. The van der Waals surface area contributed by atoms with E-state index in [4.69, 9.17) is 16.3 Å². The maximum Gasteiger partial charge on any atom is 0.312 e. The van der Waals surface area contributed by atoms with E-state index < -0.39 is 10.8 Å². The molecule has 1 N–H and O–H groups in total. The molecule has 0 bridgehead atoms. The van der Waals surface area contributed by atoms with Crippen LogP contribution < -0.4 is 10.1 Å². The number of methoxy groups -OCH3 is 1. The zero-order valence-corrected chi connectivity index (χ0v) is 11.6. The smallest absolute Gasteiger partial charge is 0.312 e. The van der Waals surface area contributed by atoms with Gasteiger partial charge in [-0.2, -0.15) is 0 Å². The van der Waals surface area contributed by atoms with Crippen LogP contribution in [0.25, 0.3) is 0 Å². The Morgan fingerprint density at radius 3 is 2.81 bits per heavy atom. The first-order chi connectivity index (χ1) is 10.0. The summed E-state index contributed by atoms with van der Waals surface area (Å²) in [6.45, 7) is 0. The maximum absolute atomic E-state index is 12.0. The molecule has 8 heteroatoms. The second-order valence-corrected chi connectivity index (χ2v) is 4.36. The van der Waals surface area contributed by atoms with Crippen LogP contribution in [0.15, 0.2) is 36.7 Å². The van der Waals surface area contributed by atoms with Gasteiger partial charge in [-0.3, -0.25) is 19.9 Å². The Bertz CT molecular complexity index is 706. The molecule has 0 spiro atoms. The summed E-state index contributed by atoms with van der Waals surface area (Å²) in [6.07, 6.45) is 2.77. The van der Waals surface area contributed by atoms with E-state index in [0.717, 1.165) is 0 Å². The van der Waals surface area contributed by atoms with Crippen LogP contribution in [0, 0.1) is 10.1 Å². The van der Waals surface area contributed by atoms with Crippen molar-refractivity contribution in [3.63, 3.8) is 0 Å². The lowest BCUT2D eigenvalue weighted by atomic mass is 10.2. The number of rotatable bonds is 4. The van der Waals surface area contributed by atoms with Gasteiger partial charge in [0.25, 0.3) is 5.91 Å². The van der Waals surface area contributed by atoms with Gasteiger partial charge in [-0.05, 0) is 18.2 Å². The van der Waals surface area contributed by atoms with Gasteiger partial charge in [0.2, 0.25) is 0 Å². The number of nitrogens with zero attached hydrogens (tertiary/aromatic N) is 2. The van der Waals surface area contributed by atoms with Crippen molar-refractivity contribution in [2.75, 3.05) is 12.4 Å². The molecule has 1 aromatic heterocycles. The van der Waals surface area contributed by atoms with E-state index in [1.165, 1.54) is 43.8 Å². The Hall–Kier alpha value is -2.67. The summed E-state index contributed by atoms with van der Waals surface area (Å²) in [5.74, 6) is -0.398. The molecule has 21 heavy (non-hydrogen) atoms. The molecule has 1 heterocycles. The van der Waals surface area contributed by atoms with Crippen molar-refractivity contribution in [1.29, 1.82) is 0 Å². The number of anilines is 1. The molecule has 0 radical (unpaired) electrons. The van der Waals surface area contributed by atoms with Crippen molar-refractivity contribution in [3.05, 3.63) is 57.4 Å². The molecule has 0 saturated heterocycles. The molecule has 0 saturated carbocycles. The molecule has 108 valence electrons. The molecule has 2 rings (SSSR count). The third kappa shape index (κ3) is 3.26. The number of amides is 1. The molecule has 0 aliphatic rings. The Kier molecular flexibility index (Phi) is 4.34. The van der Waals surface area contributed by atoms with Crippen molar-refractivity contribution < 1.29 is 14.5 Å². The summed E-state index contributed by atoms with van der Waals surface area (Å²) in [4.78, 5) is 26.2. The number of nitro groups is 1. The standard InChI is InChI=1S/C13H10ClN3O4/c1-21-12-3-2-8(6-11(12)17(19)20)16-13(18)9-7-15-5-4-10(9)14/h2-7H,1H3,(H,16,18). The minimum Gasteiger partial charge on any atom is -0.490 e. The summed E-state index contributed by atoms with van der Waals surface area (Å²) in [6, 6.07) is 5.58. The van der Waals surface area contributed by atoms with Crippen LogP contribution in [0.4, 0.5) is 11.4 Å². The van der Waals surface area contributed by atoms with Crippen LogP contribution in [0.1, 0.15) is 10.4 Å². The third-order valence-electron chi connectivity index (χ3n) is 2.65. The maximum atomic E-state index is 12.0. The van der Waals surface area contributed by atoms with Gasteiger partial charge in [-0.1, -0.05) is 11.6 Å². The Balaban J connectivity index is 2.28. The molecule has 0 unspecified atom stereocenters. The summed E-state index contributed by atoms with van der Waals surface area (Å²) in [5.41, 5.74) is 0.192. The quantitative estimate of drug-likeness (QED) is 0.692. The number of carbonyl (C=O) groups excluding carboxylic acids is 1. The van der Waals surface area contributed by atoms with Gasteiger partial charge < -0.3 is 10.1 Å². The Morgan fingerprint density at radius 2 is 2.19 bits per heavy atom. The van der Waals surface area contributed by atoms with Crippen LogP contribution in [-0.4, -0.2) is 22.9 Å². The van der Waals surface area contributed by atoms with Crippen molar-refractivity contribution in [2.45, 2.75) is 0 Å². The van der Waals surface area contributed by atoms with Gasteiger partial charge in [-0.25, -0.2) is 0 Å². The fourth-order valence-corrected chi connectivity index (χ4v) is 1.84. The molecule has 1 amide bonds. The van der Waals surface area contributed by atoms with Gasteiger partial charge in [0.05, 0.1) is 22.6 Å². The highest BCUT2D eigenvalue weighted by molar-refractivity contribution is 6.34. The number of nitro benzene ring substituents is 1. The van der Waals surface area contributed by atoms with E-state index in [0.29, 0.717) is 0 Å². The highest BCUT2D eigenvalue weighted by atomic mass is 35.5. The lowest BCUT2D eigenvalue weighted by Gasteiger charge is -2.07. The molecule has 0 aliphatic carbocycles. The second kappa shape index (κ2) is 6.19. The molecule has 2 aromatic rings. The summed E-state index contributed by atoms with van der Waals surface area (Å²) in [7, 11) is 1.33. The van der Waals surface area contributed by atoms with Crippen molar-refractivity contribution in [3.8, 4) is 5.75 Å². The Labute approximate surface area is 124 Å². The predicted octanol–water partition coefficient (Wildman–Crippen LogP) is 2.90. The van der Waals surface area contributed by atoms with E-state index in [-0.39, 0.29) is 27.7 Å². The number of pyridine rings is 1. The molecular weight excluding hydrogens is 298 g/mol. The van der Waals surface area contributed by atoms with Gasteiger partial charge in [0.1, 0.15) is 0 Å². The van der Waals surface area contributed by atoms with E-state index in [1.807, 2.05) is 0 Å². The van der Waals surface area contributed by atoms with Gasteiger partial charge in [0.15, 0.2) is 5.75 Å². The lowest BCUT2D eigenvalue weighted by molar-refractivity contribution is -0.385. The third-order valence-corrected chi connectivity index (χ3v) is 2.98. The Morgan fingerprint density at radius 1 is 1.43 bits per heavy atom. The van der Waals surface area contributed by atoms with Crippen LogP contribution in [-0.2, 0) is 0 Å². The van der Waals surface area contributed by atoms with E-state index in [1.54, 1.807) is 0 Å². The fourth-order valence-electron chi connectivity index (χ4n) is 1.65. The second-order valence-electron chi connectivity index (χ2n) is 3.95. The molecule has 0 atom stereocenters. The molecule has 7 nitrogen and oxygen atoms in total. The highest BCUT2D eigenvalue weighted by Gasteiger charge is 2.17. The van der Waals surface area contributed by atoms with Gasteiger partial charge in [0, 0.05) is 24.1 Å². The van der Waals surface area contributed by atoms with E-state index in [2.05, 4.69) is 10.3 Å². The average molecular weight is 308 g/mol. The SMILES string of the molecule is COc1ccc(NC(=O)c2cnccc2Cl)cc1[N+](=O)[O-]. The van der Waals surface area contributed by atoms with Gasteiger partial charge >= 0.3 is 5.69 Å². The number of hydrogen-bond acceptors (Lipinski definition) is 5. The molecule has 0 fully saturated rings. The summed E-state index contributed by atoms with van der Waals surface area (Å²) < 4.78 is 4.88. The number of aromatic nitrogens is 1. The summed E-state index contributed by atoms with van der Waals surface area (Å²) >= 11 is 5.89. The van der Waals surface area contributed by atoms with Crippen molar-refractivity contribution in [2.24, 2.45) is 0 Å². The number of halogens is 1. The zero-order valence-electron chi connectivity index (χ0n) is 10.9. The largest absolute Gasteiger partial charge is 0.490 e. The van der Waals surface area contributed by atoms with Crippen molar-refractivity contribution >= 4 is 28.9 Å². The fraction of sp³-hybridized carbons (Fsp3) is 0.0769. The molecule has 1 aromatic carbocycles. The number of nitrogens with one attached hydrogen (secondary N) is 1. The zero-order chi connectivity index (χ0) is 15.4. The lowest BCUT2D eigenvalue weighted by Crippen LogP contribution is -2.13. The highest BCUT2D eigenvalue weighted by Crippen LogP contribution is 2.30. The van der Waals surface area contributed by atoms with E-state index >= 15 is 0 Å². The number of benzene rings is 1. The minimum absolute atomic E-state index is 0.109. The van der Waals surface area contributed by atoms with E-state index in [9.17, 15) is 14.9 Å². The van der Waals surface area contributed by atoms with Crippen LogP contribution in [0.5, 0.6) is 5.75 Å². The topological polar surface area (TPSA) is 94.4 Å². The monoisotopic (exact) mass is 307 g/mol. The average Bonchev–Trinajstić information content (AvgIpc) is 2.47. The molecule has 0 aliphatic heterocycles. The van der Waals surface area contributed by atoms with Crippen molar-refractivity contribution in [1.82, 2.24) is 4.98 Å². The first-order valence-corrected chi connectivity index (χ1v) is 6.14. The number of carbonyl (C=O) groups is 1. The summed E-state index contributed by atoms with van der Waals surface area (Å²) in [5, 5.41) is 13.7. The van der Waals surface area contributed by atoms with Gasteiger partial charge in [-0.15, -0.1) is 0 Å². The van der Waals surface area contributed by atoms with Crippen LogP contribution in [0.3, 0.4) is 0 Å². The van der Waals surface area contributed by atoms with Crippen LogP contribution >= 0.6 is 11.6 Å². The predicted molar refractivity (Wildman–Crippen MR) is 76.8 cm³/mol. The number of ether oxygens (including phenoxy) is 1. The number of hydrogen-bond donors (Lipinski definition) is 1. The van der Waals surface area contributed by atoms with Crippen LogP contribution in [0.2, 0.25) is 5.02 Å². The first-order valence-electron chi connectivity index (χ1n) is 5.76. The minimum atomic E-state index is -0.592. The normalized spacial score (nSPS) is 10.0.